The minimum atomic E-state index is -4.13. The first-order chi connectivity index (χ1) is 13.3. The van der Waals surface area contributed by atoms with Gasteiger partial charge in [0, 0.05) is 6.07 Å². The van der Waals surface area contributed by atoms with E-state index in [1.54, 1.807) is 6.07 Å². The fraction of sp³-hybridized carbons (Fsp3) is 0.222. The Morgan fingerprint density at radius 3 is 2.04 bits per heavy atom. The number of hydrogen-bond acceptors (Lipinski definition) is 8. The number of anilines is 1. The van der Waals surface area contributed by atoms with Crippen LogP contribution in [0.4, 0.5) is 5.69 Å². The highest BCUT2D eigenvalue weighted by Gasteiger charge is 2.22. The molecule has 2 aromatic carbocycles. The van der Waals surface area contributed by atoms with Crippen LogP contribution in [0.1, 0.15) is 20.7 Å². The lowest BCUT2D eigenvalue weighted by Crippen LogP contribution is -2.17. The molecule has 3 rings (SSSR count). The van der Waals surface area contributed by atoms with Crippen LogP contribution in [0.5, 0.6) is 11.5 Å². The monoisotopic (exact) mass is 407 g/mol. The molecule has 0 saturated heterocycles. The summed E-state index contributed by atoms with van der Waals surface area (Å²) in [5, 5.41) is 0. The molecule has 0 aromatic heterocycles. The van der Waals surface area contributed by atoms with Gasteiger partial charge < -0.3 is 18.9 Å². The normalized spacial score (nSPS) is 12.8. The van der Waals surface area contributed by atoms with E-state index in [4.69, 9.17) is 9.47 Å². The van der Waals surface area contributed by atoms with E-state index in [0.717, 1.165) is 26.4 Å². The summed E-state index contributed by atoms with van der Waals surface area (Å²) in [5.41, 5.74) is 0.0215. The standard InChI is InChI=1S/C18H17NO8S/c1-24-17(20)11-7-12(18(21)25-2)9-14(8-11)28(22,23)19-13-3-4-15-16(10-13)27-6-5-26-15/h3-4,7-10,19H,5-6H2,1-2H3. The summed E-state index contributed by atoms with van der Waals surface area (Å²) in [6.07, 6.45) is 0. The minimum absolute atomic E-state index is 0.104. The second kappa shape index (κ2) is 7.77. The fourth-order valence-corrected chi connectivity index (χ4v) is 3.67. The molecular weight excluding hydrogens is 390 g/mol. The zero-order valence-electron chi connectivity index (χ0n) is 15.1. The van der Waals surface area contributed by atoms with Crippen LogP contribution >= 0.6 is 0 Å². The zero-order valence-corrected chi connectivity index (χ0v) is 15.9. The number of esters is 2. The number of sulfonamides is 1. The second-order valence-electron chi connectivity index (χ2n) is 5.69. The number of methoxy groups -OCH3 is 2. The summed E-state index contributed by atoms with van der Waals surface area (Å²) in [4.78, 5) is 23.4. The van der Waals surface area contributed by atoms with Gasteiger partial charge in [0.1, 0.15) is 13.2 Å². The van der Waals surface area contributed by atoms with Crippen LogP contribution < -0.4 is 14.2 Å². The van der Waals surface area contributed by atoms with Crippen LogP contribution in [-0.4, -0.2) is 47.8 Å². The maximum atomic E-state index is 12.8. The molecule has 148 valence electrons. The first-order valence-electron chi connectivity index (χ1n) is 8.08. The molecule has 1 N–H and O–H groups in total. The van der Waals surface area contributed by atoms with E-state index in [0.29, 0.717) is 24.7 Å². The SMILES string of the molecule is COC(=O)c1cc(C(=O)OC)cc(S(=O)(=O)Nc2ccc3c(c2)OCCO3)c1. The number of carbonyl (C=O) groups is 2. The van der Waals surface area contributed by atoms with Gasteiger partial charge in [0.15, 0.2) is 11.5 Å². The molecule has 0 spiro atoms. The van der Waals surface area contributed by atoms with Crippen molar-refractivity contribution < 1.29 is 37.0 Å². The van der Waals surface area contributed by atoms with Crippen LogP contribution in [-0.2, 0) is 19.5 Å². The van der Waals surface area contributed by atoms with Gasteiger partial charge in [0.25, 0.3) is 10.0 Å². The average Bonchev–Trinajstić information content (AvgIpc) is 2.71. The molecule has 0 radical (unpaired) electrons. The molecule has 10 heteroatoms. The average molecular weight is 407 g/mol. The summed E-state index contributed by atoms with van der Waals surface area (Å²) in [6.45, 7) is 0.765. The van der Waals surface area contributed by atoms with Crippen LogP contribution in [0.3, 0.4) is 0 Å². The predicted molar refractivity (Wildman–Crippen MR) is 97.4 cm³/mol. The summed E-state index contributed by atoms with van der Waals surface area (Å²) >= 11 is 0. The first kappa shape index (κ1) is 19.5. The van der Waals surface area contributed by atoms with E-state index in [9.17, 15) is 18.0 Å². The van der Waals surface area contributed by atoms with Crippen molar-refractivity contribution in [2.24, 2.45) is 0 Å². The van der Waals surface area contributed by atoms with Crippen molar-refractivity contribution in [3.05, 3.63) is 47.5 Å². The van der Waals surface area contributed by atoms with Gasteiger partial charge in [-0.3, -0.25) is 4.72 Å². The summed E-state index contributed by atoms with van der Waals surface area (Å²) < 4.78 is 48.1. The number of fused-ring (bicyclic) bond motifs is 1. The quantitative estimate of drug-likeness (QED) is 0.746. The molecule has 9 nitrogen and oxygen atoms in total. The molecule has 1 aliphatic rings. The minimum Gasteiger partial charge on any atom is -0.486 e. The molecular formula is C18H17NO8S. The Morgan fingerprint density at radius 1 is 0.893 bits per heavy atom. The van der Waals surface area contributed by atoms with Crippen LogP contribution in [0, 0.1) is 0 Å². The van der Waals surface area contributed by atoms with Gasteiger partial charge in [-0.2, -0.15) is 0 Å². The molecule has 1 heterocycles. The number of nitrogens with one attached hydrogen (secondary N) is 1. The van der Waals surface area contributed by atoms with Crippen molar-refractivity contribution in [1.82, 2.24) is 0 Å². The van der Waals surface area contributed by atoms with Crippen molar-refractivity contribution >= 4 is 27.6 Å². The van der Waals surface area contributed by atoms with Gasteiger partial charge in [0.05, 0.1) is 35.9 Å². The summed E-state index contributed by atoms with van der Waals surface area (Å²) in [7, 11) is -1.84. The predicted octanol–water partition coefficient (Wildman–Crippen LogP) is 1.83. The largest absolute Gasteiger partial charge is 0.486 e. The number of hydrogen-bond donors (Lipinski definition) is 1. The van der Waals surface area contributed by atoms with Crippen molar-refractivity contribution in [1.29, 1.82) is 0 Å². The van der Waals surface area contributed by atoms with Gasteiger partial charge >= 0.3 is 11.9 Å². The van der Waals surface area contributed by atoms with Crippen LogP contribution in [0.15, 0.2) is 41.3 Å². The Balaban J connectivity index is 1.98. The van der Waals surface area contributed by atoms with E-state index >= 15 is 0 Å². The van der Waals surface area contributed by atoms with Gasteiger partial charge in [0.2, 0.25) is 0 Å². The maximum absolute atomic E-state index is 12.8. The Kier molecular flexibility index (Phi) is 5.41. The smallest absolute Gasteiger partial charge is 0.337 e. The summed E-state index contributed by atoms with van der Waals surface area (Å²) in [6, 6.07) is 7.99. The van der Waals surface area contributed by atoms with Gasteiger partial charge in [-0.1, -0.05) is 0 Å². The van der Waals surface area contributed by atoms with E-state index in [2.05, 4.69) is 14.2 Å². The molecule has 0 amide bonds. The lowest BCUT2D eigenvalue weighted by atomic mass is 10.1. The molecule has 0 atom stereocenters. The Morgan fingerprint density at radius 2 is 1.46 bits per heavy atom. The maximum Gasteiger partial charge on any atom is 0.337 e. The number of ether oxygens (including phenoxy) is 4. The van der Waals surface area contributed by atoms with Gasteiger partial charge in [-0.05, 0) is 30.3 Å². The highest BCUT2D eigenvalue weighted by Crippen LogP contribution is 2.33. The molecule has 2 aromatic rings. The third-order valence-electron chi connectivity index (χ3n) is 3.85. The molecule has 0 saturated carbocycles. The summed E-state index contributed by atoms with van der Waals surface area (Å²) in [5.74, 6) is -0.664. The van der Waals surface area contributed by atoms with E-state index in [1.165, 1.54) is 18.2 Å². The third kappa shape index (κ3) is 4.01. The Labute approximate surface area is 161 Å². The van der Waals surface area contributed by atoms with Crippen molar-refractivity contribution in [2.45, 2.75) is 4.90 Å². The van der Waals surface area contributed by atoms with Crippen LogP contribution in [0.2, 0.25) is 0 Å². The number of benzene rings is 2. The van der Waals surface area contributed by atoms with Crippen molar-refractivity contribution in [3.63, 3.8) is 0 Å². The number of carbonyl (C=O) groups excluding carboxylic acids is 2. The lowest BCUT2D eigenvalue weighted by molar-refractivity contribution is 0.0598. The second-order valence-corrected chi connectivity index (χ2v) is 7.38. The topological polar surface area (TPSA) is 117 Å². The molecule has 0 aliphatic carbocycles. The highest BCUT2D eigenvalue weighted by atomic mass is 32.2. The molecule has 1 aliphatic heterocycles. The highest BCUT2D eigenvalue weighted by molar-refractivity contribution is 7.92. The van der Waals surface area contributed by atoms with Crippen molar-refractivity contribution in [3.8, 4) is 11.5 Å². The zero-order chi connectivity index (χ0) is 20.3. The first-order valence-corrected chi connectivity index (χ1v) is 9.56. The molecule has 0 bridgehead atoms. The Hall–Kier alpha value is -3.27. The Bertz CT molecular complexity index is 998. The molecule has 0 unspecified atom stereocenters. The molecule has 0 fully saturated rings. The van der Waals surface area contributed by atoms with E-state index < -0.39 is 22.0 Å². The van der Waals surface area contributed by atoms with Crippen LogP contribution in [0.25, 0.3) is 0 Å². The van der Waals surface area contributed by atoms with Gasteiger partial charge in [-0.15, -0.1) is 0 Å². The van der Waals surface area contributed by atoms with Crippen molar-refractivity contribution in [2.75, 3.05) is 32.2 Å². The number of rotatable bonds is 5. The van der Waals surface area contributed by atoms with Gasteiger partial charge in [-0.25, -0.2) is 18.0 Å². The van der Waals surface area contributed by atoms with E-state index in [1.807, 2.05) is 0 Å². The molecule has 28 heavy (non-hydrogen) atoms. The third-order valence-corrected chi connectivity index (χ3v) is 5.21. The van der Waals surface area contributed by atoms with E-state index in [-0.39, 0.29) is 21.7 Å². The fourth-order valence-electron chi connectivity index (χ4n) is 2.55. The lowest BCUT2D eigenvalue weighted by Gasteiger charge is -2.19.